The standard InChI is InChI=1S/C21H24BrNO/c1-2-3-11-20(24)18-13-17-10-7-12-23(21(17)19(22)14-18)15-16-8-5-4-6-9-16/h4-6,8-9,13-14H,2-3,7,10-12,15H2,1H3. The highest BCUT2D eigenvalue weighted by molar-refractivity contribution is 9.10. The van der Waals surface area contributed by atoms with Crippen molar-refractivity contribution in [2.75, 3.05) is 11.4 Å². The Morgan fingerprint density at radius 2 is 2.00 bits per heavy atom. The monoisotopic (exact) mass is 385 g/mol. The summed E-state index contributed by atoms with van der Waals surface area (Å²) in [7, 11) is 0. The molecule has 0 radical (unpaired) electrons. The van der Waals surface area contributed by atoms with Gasteiger partial charge in [-0.1, -0.05) is 43.7 Å². The van der Waals surface area contributed by atoms with Gasteiger partial charge in [-0.2, -0.15) is 0 Å². The van der Waals surface area contributed by atoms with Crippen molar-refractivity contribution < 1.29 is 4.79 Å². The molecule has 0 spiro atoms. The lowest BCUT2D eigenvalue weighted by molar-refractivity contribution is 0.0979. The van der Waals surface area contributed by atoms with Crippen molar-refractivity contribution in [2.24, 2.45) is 0 Å². The maximum atomic E-state index is 12.4. The third-order valence-corrected chi connectivity index (χ3v) is 5.23. The van der Waals surface area contributed by atoms with E-state index in [1.54, 1.807) is 0 Å². The molecule has 0 saturated carbocycles. The minimum Gasteiger partial charge on any atom is -0.366 e. The molecule has 0 bridgehead atoms. The highest BCUT2D eigenvalue weighted by Gasteiger charge is 2.22. The quantitative estimate of drug-likeness (QED) is 0.587. The number of benzene rings is 2. The predicted octanol–water partition coefficient (Wildman–Crippen LogP) is 5.77. The van der Waals surface area contributed by atoms with Crippen LogP contribution in [0.15, 0.2) is 46.9 Å². The SMILES string of the molecule is CCCCC(=O)c1cc(Br)c2c(c1)CCCN2Cc1ccccc1. The molecule has 3 heteroatoms. The number of carbonyl (C=O) groups excluding carboxylic acids is 1. The zero-order chi connectivity index (χ0) is 16.9. The Balaban J connectivity index is 1.86. The lowest BCUT2D eigenvalue weighted by Crippen LogP contribution is -2.29. The van der Waals surface area contributed by atoms with Gasteiger partial charge in [-0.15, -0.1) is 0 Å². The maximum absolute atomic E-state index is 12.4. The summed E-state index contributed by atoms with van der Waals surface area (Å²) in [4.78, 5) is 14.8. The summed E-state index contributed by atoms with van der Waals surface area (Å²) in [6.45, 7) is 4.09. The fourth-order valence-corrected chi connectivity index (χ4v) is 4.13. The molecule has 0 N–H and O–H groups in total. The van der Waals surface area contributed by atoms with Crippen LogP contribution in [-0.4, -0.2) is 12.3 Å². The van der Waals surface area contributed by atoms with E-state index in [9.17, 15) is 4.79 Å². The zero-order valence-corrected chi connectivity index (χ0v) is 15.8. The molecule has 0 amide bonds. The molecule has 0 saturated heterocycles. The number of ketones is 1. The van der Waals surface area contributed by atoms with E-state index >= 15 is 0 Å². The average Bonchev–Trinajstić information content (AvgIpc) is 2.60. The highest BCUT2D eigenvalue weighted by Crippen LogP contribution is 2.37. The molecule has 126 valence electrons. The number of carbonyl (C=O) groups is 1. The number of unbranched alkanes of at least 4 members (excludes halogenated alkanes) is 1. The van der Waals surface area contributed by atoms with Gasteiger partial charge >= 0.3 is 0 Å². The van der Waals surface area contributed by atoms with E-state index in [1.807, 2.05) is 6.07 Å². The molecule has 1 aliphatic rings. The molecule has 0 fully saturated rings. The van der Waals surface area contributed by atoms with Crippen molar-refractivity contribution in [3.05, 3.63) is 63.6 Å². The Kier molecular flexibility index (Phi) is 5.72. The van der Waals surface area contributed by atoms with Crippen LogP contribution in [0.2, 0.25) is 0 Å². The Morgan fingerprint density at radius 1 is 1.21 bits per heavy atom. The highest BCUT2D eigenvalue weighted by atomic mass is 79.9. The minimum absolute atomic E-state index is 0.264. The molecule has 0 aromatic heterocycles. The van der Waals surface area contributed by atoms with Crippen LogP contribution < -0.4 is 4.90 Å². The Hall–Kier alpha value is -1.61. The minimum atomic E-state index is 0.264. The molecule has 2 nitrogen and oxygen atoms in total. The topological polar surface area (TPSA) is 20.3 Å². The van der Waals surface area contributed by atoms with Gasteiger partial charge < -0.3 is 4.90 Å². The number of aryl methyl sites for hydroxylation is 1. The summed E-state index contributed by atoms with van der Waals surface area (Å²) in [6, 6.07) is 14.7. The van der Waals surface area contributed by atoms with E-state index in [2.05, 4.69) is 64.2 Å². The van der Waals surface area contributed by atoms with E-state index in [1.165, 1.54) is 16.8 Å². The summed E-state index contributed by atoms with van der Waals surface area (Å²) in [5, 5.41) is 0. The summed E-state index contributed by atoms with van der Waals surface area (Å²) < 4.78 is 1.05. The zero-order valence-electron chi connectivity index (χ0n) is 14.2. The number of hydrogen-bond donors (Lipinski definition) is 0. The molecule has 0 unspecified atom stereocenters. The predicted molar refractivity (Wildman–Crippen MR) is 104 cm³/mol. The lowest BCUT2D eigenvalue weighted by Gasteiger charge is -2.33. The van der Waals surface area contributed by atoms with Crippen molar-refractivity contribution in [3.63, 3.8) is 0 Å². The molecule has 3 rings (SSSR count). The molecule has 24 heavy (non-hydrogen) atoms. The third kappa shape index (κ3) is 3.89. The molecule has 2 aromatic rings. The summed E-state index contributed by atoms with van der Waals surface area (Å²) >= 11 is 3.73. The van der Waals surface area contributed by atoms with Gasteiger partial charge in [0, 0.05) is 29.5 Å². The first kappa shape index (κ1) is 17.2. The number of anilines is 1. The van der Waals surface area contributed by atoms with Gasteiger partial charge in [0.05, 0.1) is 5.69 Å². The molecule has 1 heterocycles. The second kappa shape index (κ2) is 7.98. The first-order valence-electron chi connectivity index (χ1n) is 8.83. The largest absolute Gasteiger partial charge is 0.366 e. The fourth-order valence-electron chi connectivity index (χ4n) is 3.38. The van der Waals surface area contributed by atoms with Crippen molar-refractivity contribution in [1.29, 1.82) is 0 Å². The van der Waals surface area contributed by atoms with Crippen molar-refractivity contribution in [2.45, 2.75) is 45.6 Å². The number of nitrogens with zero attached hydrogens (tertiary/aromatic N) is 1. The van der Waals surface area contributed by atoms with E-state index in [0.29, 0.717) is 6.42 Å². The summed E-state index contributed by atoms with van der Waals surface area (Å²) in [5.41, 5.74) is 4.74. The van der Waals surface area contributed by atoms with Crippen molar-refractivity contribution >= 4 is 27.4 Å². The van der Waals surface area contributed by atoms with Crippen LogP contribution in [0.4, 0.5) is 5.69 Å². The summed E-state index contributed by atoms with van der Waals surface area (Å²) in [5.74, 6) is 0.264. The Morgan fingerprint density at radius 3 is 2.75 bits per heavy atom. The number of fused-ring (bicyclic) bond motifs is 1. The Labute approximate surface area is 153 Å². The molecular formula is C21H24BrNO. The normalized spacial score (nSPS) is 13.7. The van der Waals surface area contributed by atoms with E-state index in [4.69, 9.17) is 0 Å². The van der Waals surface area contributed by atoms with Crippen LogP contribution in [0.5, 0.6) is 0 Å². The van der Waals surface area contributed by atoms with Crippen LogP contribution >= 0.6 is 15.9 Å². The van der Waals surface area contributed by atoms with Crippen LogP contribution in [0, 0.1) is 0 Å². The van der Waals surface area contributed by atoms with E-state index in [-0.39, 0.29) is 5.78 Å². The average molecular weight is 386 g/mol. The smallest absolute Gasteiger partial charge is 0.162 e. The lowest BCUT2D eigenvalue weighted by atomic mass is 9.96. The number of Topliss-reactive ketones (excluding diaryl/α,β-unsaturated/α-hetero) is 1. The van der Waals surface area contributed by atoms with E-state index in [0.717, 1.165) is 48.8 Å². The first-order chi connectivity index (χ1) is 11.7. The van der Waals surface area contributed by atoms with E-state index < -0.39 is 0 Å². The number of hydrogen-bond acceptors (Lipinski definition) is 2. The van der Waals surface area contributed by atoms with Gasteiger partial charge in [0.15, 0.2) is 5.78 Å². The van der Waals surface area contributed by atoms with Crippen LogP contribution in [0.1, 0.15) is 54.1 Å². The van der Waals surface area contributed by atoms with Gasteiger partial charge in [0.25, 0.3) is 0 Å². The van der Waals surface area contributed by atoms with Gasteiger partial charge in [-0.25, -0.2) is 0 Å². The molecule has 1 aliphatic heterocycles. The fraction of sp³-hybridized carbons (Fsp3) is 0.381. The second-order valence-corrected chi connectivity index (χ2v) is 7.36. The first-order valence-corrected chi connectivity index (χ1v) is 9.63. The number of halogens is 1. The number of rotatable bonds is 6. The summed E-state index contributed by atoms with van der Waals surface area (Å²) in [6.07, 6.45) is 4.86. The van der Waals surface area contributed by atoms with Crippen LogP contribution in [0.25, 0.3) is 0 Å². The molecule has 0 atom stereocenters. The second-order valence-electron chi connectivity index (χ2n) is 6.50. The van der Waals surface area contributed by atoms with Crippen molar-refractivity contribution in [3.8, 4) is 0 Å². The Bertz CT molecular complexity index is 711. The molecule has 0 aliphatic carbocycles. The van der Waals surface area contributed by atoms with Gasteiger partial charge in [0.2, 0.25) is 0 Å². The molecular weight excluding hydrogens is 362 g/mol. The third-order valence-electron chi connectivity index (χ3n) is 4.63. The van der Waals surface area contributed by atoms with Crippen LogP contribution in [0.3, 0.4) is 0 Å². The van der Waals surface area contributed by atoms with Gasteiger partial charge in [-0.3, -0.25) is 4.79 Å². The maximum Gasteiger partial charge on any atom is 0.162 e. The van der Waals surface area contributed by atoms with Gasteiger partial charge in [0.1, 0.15) is 0 Å². The van der Waals surface area contributed by atoms with Gasteiger partial charge in [-0.05, 0) is 58.5 Å². The molecule has 2 aromatic carbocycles. The van der Waals surface area contributed by atoms with Crippen molar-refractivity contribution in [1.82, 2.24) is 0 Å². The van der Waals surface area contributed by atoms with Crippen LogP contribution in [-0.2, 0) is 13.0 Å².